The molecule has 1 amide bonds. The van der Waals surface area contributed by atoms with Crippen LogP contribution in [0.4, 0.5) is 5.69 Å². The van der Waals surface area contributed by atoms with Gasteiger partial charge in [-0.05, 0) is 36.8 Å². The van der Waals surface area contributed by atoms with Gasteiger partial charge in [-0.1, -0.05) is 43.6 Å². The molecule has 27 heavy (non-hydrogen) atoms. The molecule has 0 fully saturated rings. The van der Waals surface area contributed by atoms with E-state index in [4.69, 9.17) is 16.3 Å². The zero-order chi connectivity index (χ0) is 20.0. The van der Waals surface area contributed by atoms with Gasteiger partial charge in [-0.3, -0.25) is 4.79 Å². The second-order valence-corrected chi connectivity index (χ2v) is 8.18. The molecule has 0 spiro atoms. The summed E-state index contributed by atoms with van der Waals surface area (Å²) in [7, 11) is -3.64. The lowest BCUT2D eigenvalue weighted by molar-refractivity contribution is -0.118. The molecule has 0 unspecified atom stereocenters. The third kappa shape index (κ3) is 5.22. The number of para-hydroxylation sites is 1. The first kappa shape index (κ1) is 21.2. The van der Waals surface area contributed by atoms with E-state index in [0.29, 0.717) is 18.8 Å². The summed E-state index contributed by atoms with van der Waals surface area (Å²) >= 11 is 6.12. The summed E-state index contributed by atoms with van der Waals surface area (Å²) in [4.78, 5) is 12.3. The Morgan fingerprint density at radius 2 is 1.81 bits per heavy atom. The number of halogens is 1. The number of benzene rings is 2. The van der Waals surface area contributed by atoms with Crippen LogP contribution in [0, 0.1) is 6.92 Å². The third-order valence-electron chi connectivity index (χ3n) is 4.01. The van der Waals surface area contributed by atoms with Crippen LogP contribution in [-0.2, 0) is 14.8 Å². The van der Waals surface area contributed by atoms with Crippen molar-refractivity contribution in [3.05, 3.63) is 53.1 Å². The monoisotopic (exact) mass is 410 g/mol. The maximum absolute atomic E-state index is 12.6. The highest BCUT2D eigenvalue weighted by Crippen LogP contribution is 2.27. The number of hydrogen-bond donors (Lipinski definition) is 1. The molecule has 6 nitrogen and oxygen atoms in total. The van der Waals surface area contributed by atoms with Gasteiger partial charge in [-0.2, -0.15) is 4.31 Å². The van der Waals surface area contributed by atoms with Gasteiger partial charge < -0.3 is 10.1 Å². The fraction of sp³-hybridized carbons (Fsp3) is 0.316. The zero-order valence-corrected chi connectivity index (χ0v) is 17.1. The average molecular weight is 411 g/mol. The summed E-state index contributed by atoms with van der Waals surface area (Å²) in [5.74, 6) is 0.175. The van der Waals surface area contributed by atoms with Crippen molar-refractivity contribution in [3.63, 3.8) is 0 Å². The summed E-state index contributed by atoms with van der Waals surface area (Å²) in [6, 6.07) is 11.6. The first-order chi connectivity index (χ1) is 12.8. The number of carbonyl (C=O) groups is 1. The van der Waals surface area contributed by atoms with Crippen molar-refractivity contribution in [1.82, 2.24) is 4.31 Å². The molecule has 146 valence electrons. The SMILES string of the molecule is CCN(CC)S(=O)(=O)c1ccc(Cl)c(NC(=O)COc2ccccc2C)c1. The normalized spacial score (nSPS) is 11.4. The van der Waals surface area contributed by atoms with E-state index >= 15 is 0 Å². The van der Waals surface area contributed by atoms with E-state index in [-0.39, 0.29) is 22.2 Å². The summed E-state index contributed by atoms with van der Waals surface area (Å²) in [6.07, 6.45) is 0. The Morgan fingerprint density at radius 3 is 2.44 bits per heavy atom. The molecule has 0 bridgehead atoms. The second kappa shape index (κ2) is 9.21. The highest BCUT2D eigenvalue weighted by Gasteiger charge is 2.22. The molecule has 1 N–H and O–H groups in total. The number of amides is 1. The molecule has 0 aliphatic heterocycles. The first-order valence-electron chi connectivity index (χ1n) is 8.57. The molecule has 0 heterocycles. The van der Waals surface area contributed by atoms with E-state index in [1.807, 2.05) is 25.1 Å². The fourth-order valence-corrected chi connectivity index (χ4v) is 4.17. The van der Waals surface area contributed by atoms with Crippen molar-refractivity contribution >= 4 is 33.2 Å². The molecule has 0 aromatic heterocycles. The highest BCUT2D eigenvalue weighted by molar-refractivity contribution is 7.89. The maximum Gasteiger partial charge on any atom is 0.262 e. The van der Waals surface area contributed by atoms with Crippen molar-refractivity contribution in [3.8, 4) is 5.75 Å². The number of nitrogens with one attached hydrogen (secondary N) is 1. The van der Waals surface area contributed by atoms with Gasteiger partial charge in [-0.25, -0.2) is 8.42 Å². The number of anilines is 1. The third-order valence-corrected chi connectivity index (χ3v) is 6.38. The molecule has 0 aliphatic rings. The number of ether oxygens (including phenoxy) is 1. The fourth-order valence-electron chi connectivity index (χ4n) is 2.52. The molecular formula is C19H23ClN2O4S. The Kier molecular flexibility index (Phi) is 7.24. The van der Waals surface area contributed by atoms with Gasteiger partial charge >= 0.3 is 0 Å². The van der Waals surface area contributed by atoms with Crippen molar-refractivity contribution in [2.24, 2.45) is 0 Å². The molecule has 0 aliphatic carbocycles. The minimum atomic E-state index is -3.64. The van der Waals surface area contributed by atoms with E-state index in [1.165, 1.54) is 22.5 Å². The van der Waals surface area contributed by atoms with Crippen LogP contribution in [0.3, 0.4) is 0 Å². The molecule has 0 radical (unpaired) electrons. The van der Waals surface area contributed by atoms with Gasteiger partial charge in [0.1, 0.15) is 5.75 Å². The largest absolute Gasteiger partial charge is 0.483 e. The molecule has 0 saturated heterocycles. The molecule has 2 aromatic rings. The van der Waals surface area contributed by atoms with Gasteiger partial charge in [0, 0.05) is 13.1 Å². The van der Waals surface area contributed by atoms with E-state index in [1.54, 1.807) is 19.9 Å². The van der Waals surface area contributed by atoms with Crippen molar-refractivity contribution in [2.45, 2.75) is 25.7 Å². The average Bonchev–Trinajstić information content (AvgIpc) is 2.63. The Hall–Kier alpha value is -2.09. The number of carbonyl (C=O) groups excluding carboxylic acids is 1. The number of rotatable bonds is 8. The molecule has 0 saturated carbocycles. The Bertz CT molecular complexity index is 912. The Balaban J connectivity index is 2.14. The molecular weight excluding hydrogens is 388 g/mol. The van der Waals surface area contributed by atoms with Crippen LogP contribution in [0.15, 0.2) is 47.4 Å². The lowest BCUT2D eigenvalue weighted by atomic mass is 10.2. The van der Waals surface area contributed by atoms with Crippen LogP contribution in [0.5, 0.6) is 5.75 Å². The van der Waals surface area contributed by atoms with Gasteiger partial charge in [0.05, 0.1) is 15.6 Å². The minimum absolute atomic E-state index is 0.0747. The zero-order valence-electron chi connectivity index (χ0n) is 15.5. The Morgan fingerprint density at radius 1 is 1.15 bits per heavy atom. The molecule has 8 heteroatoms. The summed E-state index contributed by atoms with van der Waals surface area (Å²) < 4.78 is 32.1. The summed E-state index contributed by atoms with van der Waals surface area (Å²) in [5, 5.41) is 2.86. The topological polar surface area (TPSA) is 75.7 Å². The van der Waals surface area contributed by atoms with Gasteiger partial charge in [0.25, 0.3) is 5.91 Å². The van der Waals surface area contributed by atoms with Crippen LogP contribution >= 0.6 is 11.6 Å². The lowest BCUT2D eigenvalue weighted by Gasteiger charge is -2.19. The van der Waals surface area contributed by atoms with Gasteiger partial charge in [0.2, 0.25) is 10.0 Å². The minimum Gasteiger partial charge on any atom is -0.483 e. The number of nitrogens with zero attached hydrogens (tertiary/aromatic N) is 1. The van der Waals surface area contributed by atoms with E-state index in [0.717, 1.165) is 5.56 Å². The predicted molar refractivity (Wildman–Crippen MR) is 107 cm³/mol. The van der Waals surface area contributed by atoms with E-state index < -0.39 is 15.9 Å². The molecule has 2 aromatic carbocycles. The molecule has 0 atom stereocenters. The smallest absolute Gasteiger partial charge is 0.262 e. The summed E-state index contributed by atoms with van der Waals surface area (Å²) in [5.41, 5.74) is 1.14. The number of aryl methyl sites for hydroxylation is 1. The lowest BCUT2D eigenvalue weighted by Crippen LogP contribution is -2.30. The number of hydrogen-bond acceptors (Lipinski definition) is 4. The number of sulfonamides is 1. The van der Waals surface area contributed by atoms with Crippen LogP contribution in [0.2, 0.25) is 5.02 Å². The first-order valence-corrected chi connectivity index (χ1v) is 10.4. The summed E-state index contributed by atoms with van der Waals surface area (Å²) in [6.45, 7) is 5.91. The Labute approximate surface area is 165 Å². The van der Waals surface area contributed by atoms with Crippen molar-refractivity contribution in [2.75, 3.05) is 25.0 Å². The van der Waals surface area contributed by atoms with E-state index in [9.17, 15) is 13.2 Å². The van der Waals surface area contributed by atoms with Gasteiger partial charge in [0.15, 0.2) is 6.61 Å². The van der Waals surface area contributed by atoms with Crippen molar-refractivity contribution in [1.29, 1.82) is 0 Å². The predicted octanol–water partition coefficient (Wildman–Crippen LogP) is 3.70. The standard InChI is InChI=1S/C19H23ClN2O4S/c1-4-22(5-2)27(24,25)15-10-11-16(20)17(12-15)21-19(23)13-26-18-9-7-6-8-14(18)3/h6-12H,4-5,13H2,1-3H3,(H,21,23). The van der Waals surface area contributed by atoms with Crippen LogP contribution in [-0.4, -0.2) is 38.3 Å². The quantitative estimate of drug-likeness (QED) is 0.720. The highest BCUT2D eigenvalue weighted by atomic mass is 35.5. The second-order valence-electron chi connectivity index (χ2n) is 5.83. The van der Waals surface area contributed by atoms with E-state index in [2.05, 4.69) is 5.32 Å². The van der Waals surface area contributed by atoms with Crippen LogP contribution < -0.4 is 10.1 Å². The van der Waals surface area contributed by atoms with Crippen LogP contribution in [0.1, 0.15) is 19.4 Å². The maximum atomic E-state index is 12.6. The van der Waals surface area contributed by atoms with Crippen LogP contribution in [0.25, 0.3) is 0 Å². The molecule has 2 rings (SSSR count). The van der Waals surface area contributed by atoms with Gasteiger partial charge in [-0.15, -0.1) is 0 Å². The van der Waals surface area contributed by atoms with Crippen molar-refractivity contribution < 1.29 is 17.9 Å².